The van der Waals surface area contributed by atoms with Crippen LogP contribution >= 0.6 is 11.6 Å². The SMILES string of the molecule is ClC1=CC2C=Cc3oc4ccccc4c3C2C=C1. The Morgan fingerprint density at radius 2 is 1.94 bits per heavy atom. The van der Waals surface area contributed by atoms with Crippen LogP contribution in [0.5, 0.6) is 0 Å². The lowest BCUT2D eigenvalue weighted by Crippen LogP contribution is -2.13. The van der Waals surface area contributed by atoms with Gasteiger partial charge in [-0.1, -0.05) is 48.0 Å². The van der Waals surface area contributed by atoms with E-state index in [1.807, 2.05) is 18.2 Å². The maximum atomic E-state index is 6.07. The molecule has 0 spiro atoms. The summed E-state index contributed by atoms with van der Waals surface area (Å²) in [7, 11) is 0. The van der Waals surface area contributed by atoms with E-state index in [0.29, 0.717) is 11.8 Å². The molecule has 18 heavy (non-hydrogen) atoms. The molecule has 0 saturated carbocycles. The number of rotatable bonds is 0. The molecule has 1 nitrogen and oxygen atoms in total. The van der Waals surface area contributed by atoms with Crippen molar-refractivity contribution in [2.24, 2.45) is 5.92 Å². The highest BCUT2D eigenvalue weighted by molar-refractivity contribution is 6.31. The Bertz CT molecular complexity index is 718. The zero-order chi connectivity index (χ0) is 12.1. The first kappa shape index (κ1) is 10.2. The lowest BCUT2D eigenvalue weighted by Gasteiger charge is -2.25. The Morgan fingerprint density at radius 1 is 1.06 bits per heavy atom. The molecule has 2 aliphatic carbocycles. The summed E-state index contributed by atoms with van der Waals surface area (Å²) >= 11 is 6.07. The largest absolute Gasteiger partial charge is 0.456 e. The first-order valence-corrected chi connectivity index (χ1v) is 6.46. The molecule has 1 heterocycles. The number of furan rings is 1. The molecular formula is C16H11ClO. The van der Waals surface area contributed by atoms with Gasteiger partial charge in [-0.3, -0.25) is 0 Å². The zero-order valence-electron chi connectivity index (χ0n) is 9.64. The van der Waals surface area contributed by atoms with Crippen molar-refractivity contribution in [2.75, 3.05) is 0 Å². The Morgan fingerprint density at radius 3 is 2.89 bits per heavy atom. The van der Waals surface area contributed by atoms with Crippen LogP contribution in [0.25, 0.3) is 17.0 Å². The van der Waals surface area contributed by atoms with Crippen LogP contribution in [0.3, 0.4) is 0 Å². The quantitative estimate of drug-likeness (QED) is 0.655. The van der Waals surface area contributed by atoms with Gasteiger partial charge in [0, 0.05) is 27.8 Å². The van der Waals surface area contributed by atoms with E-state index in [9.17, 15) is 0 Å². The van der Waals surface area contributed by atoms with Gasteiger partial charge in [0.2, 0.25) is 0 Å². The van der Waals surface area contributed by atoms with E-state index < -0.39 is 0 Å². The molecule has 0 fully saturated rings. The van der Waals surface area contributed by atoms with E-state index in [2.05, 4.69) is 36.4 Å². The molecule has 0 saturated heterocycles. The average Bonchev–Trinajstić information content (AvgIpc) is 2.77. The van der Waals surface area contributed by atoms with Crippen molar-refractivity contribution in [1.82, 2.24) is 0 Å². The fourth-order valence-electron chi connectivity index (χ4n) is 2.88. The fourth-order valence-corrected chi connectivity index (χ4v) is 3.10. The van der Waals surface area contributed by atoms with Crippen molar-refractivity contribution >= 4 is 28.6 Å². The molecule has 2 aliphatic rings. The Balaban J connectivity index is 1.99. The highest BCUT2D eigenvalue weighted by Crippen LogP contribution is 2.44. The van der Waals surface area contributed by atoms with Crippen molar-refractivity contribution < 1.29 is 4.42 Å². The van der Waals surface area contributed by atoms with Crippen molar-refractivity contribution in [2.45, 2.75) is 5.92 Å². The van der Waals surface area contributed by atoms with Gasteiger partial charge in [0.15, 0.2) is 0 Å². The van der Waals surface area contributed by atoms with Crippen molar-refractivity contribution in [1.29, 1.82) is 0 Å². The molecule has 1 aromatic carbocycles. The molecule has 0 aliphatic heterocycles. The van der Waals surface area contributed by atoms with E-state index in [0.717, 1.165) is 16.4 Å². The molecule has 2 heteroatoms. The highest BCUT2D eigenvalue weighted by Gasteiger charge is 2.29. The third-order valence-corrected chi connectivity index (χ3v) is 3.95. The van der Waals surface area contributed by atoms with Gasteiger partial charge in [0.1, 0.15) is 11.3 Å². The number of fused-ring (bicyclic) bond motifs is 5. The summed E-state index contributed by atoms with van der Waals surface area (Å²) in [6, 6.07) is 8.21. The summed E-state index contributed by atoms with van der Waals surface area (Å²) in [5.74, 6) is 1.67. The number of benzene rings is 1. The van der Waals surface area contributed by atoms with Crippen molar-refractivity contribution in [3.63, 3.8) is 0 Å². The maximum absolute atomic E-state index is 6.07. The third kappa shape index (κ3) is 1.34. The molecule has 2 aromatic rings. The minimum Gasteiger partial charge on any atom is -0.456 e. The number of halogens is 1. The van der Waals surface area contributed by atoms with Gasteiger partial charge >= 0.3 is 0 Å². The minimum atomic E-state index is 0.344. The molecule has 88 valence electrons. The van der Waals surface area contributed by atoms with Crippen molar-refractivity contribution in [3.8, 4) is 0 Å². The lowest BCUT2D eigenvalue weighted by atomic mass is 9.78. The summed E-state index contributed by atoms with van der Waals surface area (Å²) in [4.78, 5) is 0. The third-order valence-electron chi connectivity index (χ3n) is 3.69. The molecular weight excluding hydrogens is 244 g/mol. The molecule has 1 aromatic heterocycles. The summed E-state index contributed by atoms with van der Waals surface area (Å²) < 4.78 is 5.89. The van der Waals surface area contributed by atoms with Gasteiger partial charge < -0.3 is 4.42 Å². The maximum Gasteiger partial charge on any atom is 0.135 e. The minimum absolute atomic E-state index is 0.344. The second-order valence-electron chi connectivity index (χ2n) is 4.75. The second kappa shape index (κ2) is 3.63. The van der Waals surface area contributed by atoms with E-state index >= 15 is 0 Å². The predicted molar refractivity (Wildman–Crippen MR) is 74.6 cm³/mol. The smallest absolute Gasteiger partial charge is 0.135 e. The van der Waals surface area contributed by atoms with Crippen molar-refractivity contribution in [3.05, 3.63) is 64.9 Å². The van der Waals surface area contributed by atoms with Gasteiger partial charge in [-0.05, 0) is 18.2 Å². The predicted octanol–water partition coefficient (Wildman–Crippen LogP) is 4.85. The van der Waals surface area contributed by atoms with E-state index in [4.69, 9.17) is 16.0 Å². The van der Waals surface area contributed by atoms with E-state index in [-0.39, 0.29) is 0 Å². The van der Waals surface area contributed by atoms with E-state index in [1.165, 1.54) is 10.9 Å². The molecule has 4 rings (SSSR count). The monoisotopic (exact) mass is 254 g/mol. The summed E-state index contributed by atoms with van der Waals surface area (Å²) in [6.07, 6.45) is 10.5. The van der Waals surface area contributed by atoms with Crippen LogP contribution in [-0.2, 0) is 0 Å². The van der Waals surface area contributed by atoms with Gasteiger partial charge in [-0.2, -0.15) is 0 Å². The van der Waals surface area contributed by atoms with E-state index in [1.54, 1.807) is 0 Å². The van der Waals surface area contributed by atoms with Crippen LogP contribution in [0, 0.1) is 5.92 Å². The topological polar surface area (TPSA) is 13.1 Å². The molecule has 0 bridgehead atoms. The van der Waals surface area contributed by atoms with Gasteiger partial charge in [0.25, 0.3) is 0 Å². The number of para-hydroxylation sites is 1. The first-order valence-electron chi connectivity index (χ1n) is 6.08. The average molecular weight is 255 g/mol. The second-order valence-corrected chi connectivity index (χ2v) is 5.19. The fraction of sp³-hybridized carbons (Fsp3) is 0.125. The van der Waals surface area contributed by atoms with Crippen LogP contribution in [-0.4, -0.2) is 0 Å². The normalized spacial score (nSPS) is 24.8. The molecule has 0 N–H and O–H groups in total. The molecule has 0 amide bonds. The molecule has 2 atom stereocenters. The summed E-state index contributed by atoms with van der Waals surface area (Å²) in [5, 5.41) is 2.03. The lowest BCUT2D eigenvalue weighted by molar-refractivity contribution is 0.578. The molecule has 2 unspecified atom stereocenters. The highest BCUT2D eigenvalue weighted by atomic mass is 35.5. The van der Waals surface area contributed by atoms with Crippen LogP contribution in [0.2, 0.25) is 0 Å². The summed E-state index contributed by atoms with van der Waals surface area (Å²) in [6.45, 7) is 0. The Kier molecular flexibility index (Phi) is 2.06. The van der Waals surface area contributed by atoms with Crippen LogP contribution < -0.4 is 0 Å². The standard InChI is InChI=1S/C16H11ClO/c17-11-6-7-12-10(9-11)5-8-15-16(12)13-3-1-2-4-14(13)18-15/h1-10,12H. The first-order chi connectivity index (χ1) is 8.83. The van der Waals surface area contributed by atoms with Crippen LogP contribution in [0.15, 0.2) is 58.0 Å². The van der Waals surface area contributed by atoms with Gasteiger partial charge in [-0.15, -0.1) is 0 Å². The summed E-state index contributed by atoms with van der Waals surface area (Å²) in [5.41, 5.74) is 2.25. The number of hydrogen-bond acceptors (Lipinski definition) is 1. The Labute approximate surface area is 110 Å². The molecule has 0 radical (unpaired) electrons. The van der Waals surface area contributed by atoms with Crippen LogP contribution in [0.1, 0.15) is 17.2 Å². The van der Waals surface area contributed by atoms with Gasteiger partial charge in [0.05, 0.1) is 0 Å². The van der Waals surface area contributed by atoms with Crippen LogP contribution in [0.4, 0.5) is 0 Å². The zero-order valence-corrected chi connectivity index (χ0v) is 10.4. The van der Waals surface area contributed by atoms with Gasteiger partial charge in [-0.25, -0.2) is 0 Å². The number of allylic oxidation sites excluding steroid dienone is 5. The number of hydrogen-bond donors (Lipinski definition) is 0. The Hall–Kier alpha value is -1.73.